The number of aromatic amines is 1. The third-order valence-corrected chi connectivity index (χ3v) is 2.67. The van der Waals surface area contributed by atoms with Crippen molar-refractivity contribution in [1.29, 1.82) is 0 Å². The monoisotopic (exact) mass is 180 g/mol. The molecule has 0 spiro atoms. The maximum absolute atomic E-state index is 4.40. The number of hydrogen-bond donors (Lipinski definition) is 1. The lowest BCUT2D eigenvalue weighted by Gasteiger charge is -2.12. The smallest absolute Gasteiger partial charge is 0.109 e. The van der Waals surface area contributed by atoms with Crippen LogP contribution in [-0.2, 0) is 0 Å². The van der Waals surface area contributed by atoms with E-state index in [-0.39, 0.29) is 0 Å². The van der Waals surface area contributed by atoms with Gasteiger partial charge in [-0.1, -0.05) is 34.6 Å². The topological polar surface area (TPSA) is 28.7 Å². The molecule has 0 aliphatic heterocycles. The fourth-order valence-corrected chi connectivity index (χ4v) is 1.19. The van der Waals surface area contributed by atoms with Gasteiger partial charge < -0.3 is 4.98 Å². The van der Waals surface area contributed by atoms with Gasteiger partial charge in [-0.25, -0.2) is 4.98 Å². The molecular weight excluding hydrogens is 160 g/mol. The van der Waals surface area contributed by atoms with Crippen molar-refractivity contribution < 1.29 is 0 Å². The summed E-state index contributed by atoms with van der Waals surface area (Å²) < 4.78 is 0. The van der Waals surface area contributed by atoms with Crippen molar-refractivity contribution >= 4 is 0 Å². The molecule has 1 rings (SSSR count). The zero-order valence-electron chi connectivity index (χ0n) is 9.26. The van der Waals surface area contributed by atoms with Crippen LogP contribution < -0.4 is 0 Å². The molecule has 0 aliphatic rings. The van der Waals surface area contributed by atoms with E-state index in [0.29, 0.717) is 17.8 Å². The maximum atomic E-state index is 4.40. The SMILES string of the molecule is CC(C)c1cnc(C(C)C(C)C)[nH]1. The van der Waals surface area contributed by atoms with E-state index in [2.05, 4.69) is 44.6 Å². The van der Waals surface area contributed by atoms with Gasteiger partial charge in [0.2, 0.25) is 0 Å². The molecule has 1 aromatic heterocycles. The fourth-order valence-electron chi connectivity index (χ4n) is 1.19. The predicted octanol–water partition coefficient (Wildman–Crippen LogP) is 3.29. The summed E-state index contributed by atoms with van der Waals surface area (Å²) in [7, 11) is 0. The third-order valence-electron chi connectivity index (χ3n) is 2.67. The summed E-state index contributed by atoms with van der Waals surface area (Å²) in [5.41, 5.74) is 1.24. The summed E-state index contributed by atoms with van der Waals surface area (Å²) in [5, 5.41) is 0. The molecule has 0 bridgehead atoms. The van der Waals surface area contributed by atoms with Crippen LogP contribution in [0.5, 0.6) is 0 Å². The van der Waals surface area contributed by atoms with Crippen LogP contribution in [0.3, 0.4) is 0 Å². The minimum atomic E-state index is 0.521. The maximum Gasteiger partial charge on any atom is 0.109 e. The lowest BCUT2D eigenvalue weighted by molar-refractivity contribution is 0.513. The van der Waals surface area contributed by atoms with E-state index in [1.807, 2.05) is 6.20 Å². The fraction of sp³-hybridized carbons (Fsp3) is 0.727. The number of hydrogen-bond acceptors (Lipinski definition) is 1. The van der Waals surface area contributed by atoms with E-state index in [1.165, 1.54) is 5.69 Å². The molecule has 0 saturated carbocycles. The van der Waals surface area contributed by atoms with E-state index in [0.717, 1.165) is 5.82 Å². The van der Waals surface area contributed by atoms with Crippen molar-refractivity contribution in [3.8, 4) is 0 Å². The van der Waals surface area contributed by atoms with Gasteiger partial charge in [0.25, 0.3) is 0 Å². The van der Waals surface area contributed by atoms with Crippen molar-refractivity contribution in [3.63, 3.8) is 0 Å². The predicted molar refractivity (Wildman–Crippen MR) is 55.9 cm³/mol. The molecule has 74 valence electrons. The van der Waals surface area contributed by atoms with Crippen molar-refractivity contribution in [3.05, 3.63) is 17.7 Å². The zero-order valence-corrected chi connectivity index (χ0v) is 9.26. The Hall–Kier alpha value is -0.790. The average molecular weight is 180 g/mol. The lowest BCUT2D eigenvalue weighted by atomic mass is 9.98. The van der Waals surface area contributed by atoms with Crippen molar-refractivity contribution in [2.75, 3.05) is 0 Å². The Morgan fingerprint density at radius 1 is 1.15 bits per heavy atom. The van der Waals surface area contributed by atoms with Crippen molar-refractivity contribution in [1.82, 2.24) is 9.97 Å². The highest BCUT2D eigenvalue weighted by Gasteiger charge is 2.13. The van der Waals surface area contributed by atoms with Crippen LogP contribution >= 0.6 is 0 Å². The van der Waals surface area contributed by atoms with Gasteiger partial charge in [-0.3, -0.25) is 0 Å². The van der Waals surface area contributed by atoms with Crippen LogP contribution in [0.4, 0.5) is 0 Å². The summed E-state index contributed by atoms with van der Waals surface area (Å²) >= 11 is 0. The normalized spacial score (nSPS) is 14.1. The summed E-state index contributed by atoms with van der Waals surface area (Å²) in [6.07, 6.45) is 1.96. The highest BCUT2D eigenvalue weighted by atomic mass is 14.9. The second-order valence-corrected chi connectivity index (χ2v) is 4.41. The van der Waals surface area contributed by atoms with Crippen molar-refractivity contribution in [2.24, 2.45) is 5.92 Å². The van der Waals surface area contributed by atoms with Gasteiger partial charge >= 0.3 is 0 Å². The first-order valence-electron chi connectivity index (χ1n) is 5.07. The van der Waals surface area contributed by atoms with Gasteiger partial charge in [0, 0.05) is 17.8 Å². The molecular formula is C11H20N2. The molecule has 0 aromatic carbocycles. The summed E-state index contributed by atoms with van der Waals surface area (Å²) in [6.45, 7) is 11.0. The van der Waals surface area contributed by atoms with Crippen LogP contribution in [-0.4, -0.2) is 9.97 Å². The first-order chi connectivity index (χ1) is 6.02. The van der Waals surface area contributed by atoms with Crippen molar-refractivity contribution in [2.45, 2.75) is 46.5 Å². The zero-order chi connectivity index (χ0) is 10.0. The average Bonchev–Trinajstić information content (AvgIpc) is 2.50. The molecule has 1 unspecified atom stereocenters. The van der Waals surface area contributed by atoms with Gasteiger partial charge in [0.1, 0.15) is 5.82 Å². The molecule has 1 aromatic rings. The number of H-pyrrole nitrogens is 1. The number of nitrogens with zero attached hydrogens (tertiary/aromatic N) is 1. The molecule has 13 heavy (non-hydrogen) atoms. The molecule has 0 saturated heterocycles. The molecule has 0 radical (unpaired) electrons. The third kappa shape index (κ3) is 2.33. The van der Waals surface area contributed by atoms with Gasteiger partial charge in [0.15, 0.2) is 0 Å². The first-order valence-corrected chi connectivity index (χ1v) is 5.07. The van der Waals surface area contributed by atoms with E-state index >= 15 is 0 Å². The summed E-state index contributed by atoms with van der Waals surface area (Å²) in [4.78, 5) is 7.79. The minimum Gasteiger partial charge on any atom is -0.345 e. The Bertz CT molecular complexity index is 261. The highest BCUT2D eigenvalue weighted by Crippen LogP contribution is 2.22. The molecule has 2 heteroatoms. The molecule has 1 N–H and O–H groups in total. The van der Waals surface area contributed by atoms with Crippen LogP contribution in [0.15, 0.2) is 6.20 Å². The largest absolute Gasteiger partial charge is 0.345 e. The standard InChI is InChI=1S/C11H20N2/c1-7(2)9(5)11-12-6-10(13-11)8(3)4/h6-9H,1-5H3,(H,12,13). The molecule has 0 fully saturated rings. The van der Waals surface area contributed by atoms with E-state index in [1.54, 1.807) is 0 Å². The Balaban J connectivity index is 2.79. The summed E-state index contributed by atoms with van der Waals surface area (Å²) in [6, 6.07) is 0. The van der Waals surface area contributed by atoms with Crippen LogP contribution in [0.2, 0.25) is 0 Å². The molecule has 0 amide bonds. The van der Waals surface area contributed by atoms with E-state index in [9.17, 15) is 0 Å². The van der Waals surface area contributed by atoms with Crippen LogP contribution in [0.1, 0.15) is 58.0 Å². The van der Waals surface area contributed by atoms with E-state index < -0.39 is 0 Å². The second kappa shape index (κ2) is 3.95. The molecule has 1 heterocycles. The molecule has 1 atom stereocenters. The van der Waals surface area contributed by atoms with Gasteiger partial charge in [-0.2, -0.15) is 0 Å². The number of aromatic nitrogens is 2. The Morgan fingerprint density at radius 2 is 1.77 bits per heavy atom. The van der Waals surface area contributed by atoms with Crippen LogP contribution in [0, 0.1) is 5.92 Å². The van der Waals surface area contributed by atoms with Gasteiger partial charge in [-0.05, 0) is 11.8 Å². The lowest BCUT2D eigenvalue weighted by Crippen LogP contribution is -2.04. The highest BCUT2D eigenvalue weighted by molar-refractivity contribution is 5.08. The second-order valence-electron chi connectivity index (χ2n) is 4.41. The Morgan fingerprint density at radius 3 is 2.15 bits per heavy atom. The van der Waals surface area contributed by atoms with E-state index in [4.69, 9.17) is 0 Å². The Labute approximate surface area is 80.8 Å². The van der Waals surface area contributed by atoms with Crippen LogP contribution in [0.25, 0.3) is 0 Å². The molecule has 0 aliphatic carbocycles. The van der Waals surface area contributed by atoms with Gasteiger partial charge in [0.05, 0.1) is 0 Å². The quantitative estimate of drug-likeness (QED) is 0.759. The number of nitrogens with one attached hydrogen (secondary N) is 1. The number of rotatable bonds is 3. The first kappa shape index (κ1) is 10.3. The number of imidazole rings is 1. The Kier molecular flexibility index (Phi) is 3.12. The minimum absolute atomic E-state index is 0.521. The summed E-state index contributed by atoms with van der Waals surface area (Å²) in [5.74, 6) is 2.83. The van der Waals surface area contributed by atoms with Gasteiger partial charge in [-0.15, -0.1) is 0 Å². The molecule has 2 nitrogen and oxygen atoms in total.